The maximum absolute atomic E-state index is 12.9. The summed E-state index contributed by atoms with van der Waals surface area (Å²) >= 11 is 12.7. The molecular formula is C23H23Cl2N3O4S. The minimum Gasteiger partial charge on any atom is -0.347 e. The van der Waals surface area contributed by atoms with Crippen molar-refractivity contribution in [2.75, 3.05) is 23.5 Å². The molecule has 1 aromatic heterocycles. The Hall–Kier alpha value is -2.65. The Kier molecular flexibility index (Phi) is 8.68. The lowest BCUT2D eigenvalue weighted by Crippen LogP contribution is -2.30. The van der Waals surface area contributed by atoms with E-state index in [2.05, 4.69) is 10.3 Å². The molecule has 1 amide bonds. The van der Waals surface area contributed by atoms with Gasteiger partial charge in [0, 0.05) is 29.7 Å². The lowest BCUT2D eigenvalue weighted by atomic mass is 10.1. The highest BCUT2D eigenvalue weighted by Gasteiger charge is 2.16. The molecular weight excluding hydrogens is 485 g/mol. The van der Waals surface area contributed by atoms with Gasteiger partial charge in [0.15, 0.2) is 0 Å². The lowest BCUT2D eigenvalue weighted by molar-refractivity contribution is 0.102. The molecule has 0 unspecified atom stereocenters. The molecule has 1 heterocycles. The molecule has 33 heavy (non-hydrogen) atoms. The molecule has 1 N–H and O–H groups in total. The van der Waals surface area contributed by atoms with Crippen molar-refractivity contribution in [1.82, 2.24) is 4.98 Å². The fraction of sp³-hybridized carbons (Fsp3) is 0.217. The minimum absolute atomic E-state index is 0.139. The van der Waals surface area contributed by atoms with Crippen LogP contribution < -0.4 is 10.2 Å². The van der Waals surface area contributed by atoms with Crippen LogP contribution in [0, 0.1) is 5.92 Å². The van der Waals surface area contributed by atoms with Crippen molar-refractivity contribution in [3.05, 3.63) is 76.4 Å². The molecule has 0 spiro atoms. The zero-order chi connectivity index (χ0) is 24.0. The Morgan fingerprint density at radius 3 is 2.52 bits per heavy atom. The summed E-state index contributed by atoms with van der Waals surface area (Å²) in [6.45, 7) is 4.41. The van der Waals surface area contributed by atoms with Crippen LogP contribution >= 0.6 is 23.2 Å². The van der Waals surface area contributed by atoms with E-state index in [-0.39, 0.29) is 23.2 Å². The third-order valence-corrected chi connectivity index (χ3v) is 5.60. The van der Waals surface area contributed by atoms with Crippen molar-refractivity contribution in [3.8, 4) is 11.3 Å². The lowest BCUT2D eigenvalue weighted by Gasteiger charge is -2.25. The molecule has 10 heteroatoms. The van der Waals surface area contributed by atoms with E-state index in [1.54, 1.807) is 47.5 Å². The number of amides is 1. The Labute approximate surface area is 204 Å². The number of carbonyl (C=O) groups excluding carboxylic acids is 1. The van der Waals surface area contributed by atoms with Crippen LogP contribution in [-0.4, -0.2) is 32.6 Å². The van der Waals surface area contributed by atoms with Crippen molar-refractivity contribution in [1.29, 1.82) is 0 Å². The zero-order valence-electron chi connectivity index (χ0n) is 18.0. The number of benzene rings is 2. The molecule has 0 saturated heterocycles. The molecule has 0 aliphatic heterocycles. The number of pyridine rings is 1. The third kappa shape index (κ3) is 6.91. The fourth-order valence-electron chi connectivity index (χ4n) is 3.19. The largest absolute Gasteiger partial charge is 0.347 e. The number of nitrogens with one attached hydrogen (secondary N) is 1. The molecule has 0 bridgehead atoms. The van der Waals surface area contributed by atoms with Crippen molar-refractivity contribution < 1.29 is 17.4 Å². The molecule has 3 aromatic rings. The first-order valence-corrected chi connectivity index (χ1v) is 11.9. The van der Waals surface area contributed by atoms with Gasteiger partial charge >= 0.3 is 0 Å². The highest BCUT2D eigenvalue weighted by atomic mass is 35.5. The average Bonchev–Trinajstić information content (AvgIpc) is 2.78. The number of halogens is 2. The summed E-state index contributed by atoms with van der Waals surface area (Å²) in [7, 11) is -2.98. The summed E-state index contributed by atoms with van der Waals surface area (Å²) in [6.07, 6.45) is 1.67. The number of rotatable bonds is 9. The molecule has 0 aliphatic rings. The number of carbonyl (C=O) groups is 1. The van der Waals surface area contributed by atoms with E-state index in [9.17, 15) is 13.2 Å². The van der Waals surface area contributed by atoms with Gasteiger partial charge in [0.25, 0.3) is 16.9 Å². The van der Waals surface area contributed by atoms with Crippen LogP contribution in [0.15, 0.2) is 60.8 Å². The number of aromatic nitrogens is 1. The third-order valence-electron chi connectivity index (χ3n) is 4.63. The van der Waals surface area contributed by atoms with Crippen LogP contribution in [-0.2, 0) is 15.2 Å². The topological polar surface area (TPSA) is 88.6 Å². The monoisotopic (exact) mass is 507 g/mol. The van der Waals surface area contributed by atoms with Crippen molar-refractivity contribution in [2.45, 2.75) is 13.8 Å². The van der Waals surface area contributed by atoms with Gasteiger partial charge in [0.2, 0.25) is 0 Å². The van der Waals surface area contributed by atoms with Gasteiger partial charge in [-0.1, -0.05) is 43.1 Å². The van der Waals surface area contributed by atoms with Crippen molar-refractivity contribution >= 4 is 51.5 Å². The first-order valence-electron chi connectivity index (χ1n) is 10.1. The molecule has 7 nitrogen and oxygen atoms in total. The van der Waals surface area contributed by atoms with E-state index in [1.165, 1.54) is 0 Å². The van der Waals surface area contributed by atoms with Gasteiger partial charge in [-0.3, -0.25) is 14.0 Å². The predicted octanol–water partition coefficient (Wildman–Crippen LogP) is 5.27. The van der Waals surface area contributed by atoms with E-state index in [1.807, 2.05) is 32.0 Å². The van der Waals surface area contributed by atoms with Crippen LogP contribution in [0.25, 0.3) is 11.3 Å². The Morgan fingerprint density at radius 2 is 1.88 bits per heavy atom. The number of hydrogen-bond acceptors (Lipinski definition) is 6. The molecule has 174 valence electrons. The highest BCUT2D eigenvalue weighted by molar-refractivity contribution is 7.67. The molecule has 0 fully saturated rings. The van der Waals surface area contributed by atoms with Gasteiger partial charge in [-0.25, -0.2) is 8.42 Å². The molecule has 2 aromatic carbocycles. The molecule has 0 radical (unpaired) electrons. The SMILES string of the molecule is CC(C)CN(CO[SH](=O)=O)c1ccc(C(=O)Nc2ccc(Cl)c(-c3ccccn3)c2)c(Cl)c1. The van der Waals surface area contributed by atoms with E-state index < -0.39 is 16.9 Å². The van der Waals surface area contributed by atoms with Crippen LogP contribution in [0.5, 0.6) is 0 Å². The summed E-state index contributed by atoms with van der Waals surface area (Å²) in [5, 5.41) is 3.57. The van der Waals surface area contributed by atoms with Gasteiger partial charge in [0.05, 0.1) is 21.3 Å². The van der Waals surface area contributed by atoms with Crippen molar-refractivity contribution in [2.24, 2.45) is 5.92 Å². The smallest absolute Gasteiger partial charge is 0.258 e. The quantitative estimate of drug-likeness (QED) is 0.303. The van der Waals surface area contributed by atoms with E-state index >= 15 is 0 Å². The highest BCUT2D eigenvalue weighted by Crippen LogP contribution is 2.30. The average molecular weight is 508 g/mol. The predicted molar refractivity (Wildman–Crippen MR) is 133 cm³/mol. The second kappa shape index (κ2) is 11.5. The second-order valence-electron chi connectivity index (χ2n) is 7.63. The van der Waals surface area contributed by atoms with Crippen LogP contribution in [0.3, 0.4) is 0 Å². The Bertz CT molecular complexity index is 1200. The normalized spacial score (nSPS) is 11.1. The number of anilines is 2. The summed E-state index contributed by atoms with van der Waals surface area (Å²) < 4.78 is 26.4. The van der Waals surface area contributed by atoms with E-state index in [0.717, 1.165) is 0 Å². The summed E-state index contributed by atoms with van der Waals surface area (Å²) in [4.78, 5) is 18.9. The molecule has 0 aliphatic carbocycles. The molecule has 0 saturated carbocycles. The fourth-order valence-corrected chi connectivity index (χ4v) is 3.90. The van der Waals surface area contributed by atoms with E-state index in [4.69, 9.17) is 27.4 Å². The first-order chi connectivity index (χ1) is 15.7. The van der Waals surface area contributed by atoms with Gasteiger partial charge in [-0.05, 0) is 54.4 Å². The van der Waals surface area contributed by atoms with Crippen LogP contribution in [0.1, 0.15) is 24.2 Å². The van der Waals surface area contributed by atoms with E-state index in [0.29, 0.717) is 34.2 Å². The first kappa shape index (κ1) is 25.0. The second-order valence-corrected chi connectivity index (χ2v) is 9.15. The van der Waals surface area contributed by atoms with Gasteiger partial charge < -0.3 is 10.2 Å². The van der Waals surface area contributed by atoms with Gasteiger partial charge in [-0.15, -0.1) is 0 Å². The maximum Gasteiger partial charge on any atom is 0.258 e. The molecule has 0 atom stereocenters. The number of hydrogen-bond donors (Lipinski definition) is 2. The summed E-state index contributed by atoms with van der Waals surface area (Å²) in [6, 6.07) is 15.5. The zero-order valence-corrected chi connectivity index (χ0v) is 20.4. The number of thiol groups is 1. The van der Waals surface area contributed by atoms with Gasteiger partial charge in [0.1, 0.15) is 6.73 Å². The maximum atomic E-state index is 12.9. The standard InChI is InChI=1S/C23H23Cl2N3O4S/c1-15(2)13-28(14-32-33(30)31)17-7-8-18(21(25)12-17)23(29)27-16-6-9-20(24)19(11-16)22-5-3-4-10-26-22/h3-12,15,33H,13-14H2,1-2H3,(H,27,29). The Morgan fingerprint density at radius 1 is 1.09 bits per heavy atom. The van der Waals surface area contributed by atoms with Gasteiger partial charge in [-0.2, -0.15) is 0 Å². The summed E-state index contributed by atoms with van der Waals surface area (Å²) in [5.74, 6) is -0.145. The minimum atomic E-state index is -2.98. The Balaban J connectivity index is 1.81. The molecule has 3 rings (SSSR count). The summed E-state index contributed by atoms with van der Waals surface area (Å²) in [5.41, 5.74) is 2.84. The number of nitrogens with zero attached hydrogens (tertiary/aromatic N) is 2. The van der Waals surface area contributed by atoms with Crippen LogP contribution in [0.2, 0.25) is 10.0 Å². The van der Waals surface area contributed by atoms with Crippen LogP contribution in [0.4, 0.5) is 11.4 Å². The van der Waals surface area contributed by atoms with Crippen molar-refractivity contribution in [3.63, 3.8) is 0 Å².